The number of hydrogen-bond acceptors (Lipinski definition) is 3. The highest BCUT2D eigenvalue weighted by Crippen LogP contribution is 2.16. The average Bonchev–Trinajstić information content (AvgIpc) is 2.52. The van der Waals surface area contributed by atoms with E-state index in [0.717, 1.165) is 11.6 Å². The van der Waals surface area contributed by atoms with Crippen molar-refractivity contribution < 1.29 is 13.5 Å². The van der Waals surface area contributed by atoms with Crippen molar-refractivity contribution in [2.75, 3.05) is 0 Å². The van der Waals surface area contributed by atoms with E-state index in [9.17, 15) is 8.78 Å². The Hall–Kier alpha value is -2.54. The van der Waals surface area contributed by atoms with Crippen molar-refractivity contribution in [2.45, 2.75) is 13.5 Å². The molecule has 0 aliphatic carbocycles. The van der Waals surface area contributed by atoms with Crippen LogP contribution in [0.15, 0.2) is 47.6 Å². The zero-order chi connectivity index (χ0) is 16.8. The van der Waals surface area contributed by atoms with Crippen molar-refractivity contribution in [2.24, 2.45) is 10.8 Å². The Morgan fingerprint density at radius 2 is 1.91 bits per heavy atom. The van der Waals surface area contributed by atoms with Crippen LogP contribution in [0, 0.1) is 11.6 Å². The molecule has 0 amide bonds. The van der Waals surface area contributed by atoms with E-state index in [1.54, 1.807) is 31.2 Å². The molecule has 0 atom stereocenters. The van der Waals surface area contributed by atoms with Crippen molar-refractivity contribution in [1.82, 2.24) is 5.43 Å². The van der Waals surface area contributed by atoms with Crippen LogP contribution in [0.2, 0.25) is 0 Å². The number of rotatable bonds is 5. The number of nitrogens with two attached hydrogens (primary N) is 1. The summed E-state index contributed by atoms with van der Waals surface area (Å²) < 4.78 is 31.8. The van der Waals surface area contributed by atoms with Gasteiger partial charge in [-0.1, -0.05) is 0 Å². The normalized spacial score (nSPS) is 11.2. The predicted octanol–water partition coefficient (Wildman–Crippen LogP) is 3.10. The van der Waals surface area contributed by atoms with Gasteiger partial charge in [0.1, 0.15) is 24.0 Å². The highest BCUT2D eigenvalue weighted by Gasteiger charge is 2.05. The second kappa shape index (κ2) is 7.64. The fraction of sp³-hybridized carbons (Fsp3) is 0.125. The fourth-order valence-electron chi connectivity index (χ4n) is 1.80. The molecule has 4 nitrogen and oxygen atoms in total. The topological polar surface area (TPSA) is 59.6 Å². The zero-order valence-electron chi connectivity index (χ0n) is 12.3. The molecule has 0 spiro atoms. The fourth-order valence-corrected chi connectivity index (χ4v) is 1.84. The summed E-state index contributed by atoms with van der Waals surface area (Å²) in [6, 6.07) is 10.5. The number of ether oxygens (including phenoxy) is 1. The van der Waals surface area contributed by atoms with Crippen molar-refractivity contribution in [1.29, 1.82) is 0 Å². The van der Waals surface area contributed by atoms with E-state index in [1.165, 1.54) is 12.1 Å². The summed E-state index contributed by atoms with van der Waals surface area (Å²) in [6.07, 6.45) is 0. The van der Waals surface area contributed by atoms with Gasteiger partial charge in [0.25, 0.3) is 0 Å². The molecule has 0 heterocycles. The molecule has 2 aromatic rings. The quantitative estimate of drug-likeness (QED) is 0.501. The van der Waals surface area contributed by atoms with Gasteiger partial charge in [-0.15, -0.1) is 0 Å². The van der Waals surface area contributed by atoms with Gasteiger partial charge in [0.15, 0.2) is 5.11 Å². The van der Waals surface area contributed by atoms with Crippen LogP contribution in [-0.2, 0) is 6.61 Å². The molecule has 2 rings (SSSR count). The summed E-state index contributed by atoms with van der Waals surface area (Å²) in [4.78, 5) is 0. The monoisotopic (exact) mass is 335 g/mol. The molecule has 0 saturated carbocycles. The van der Waals surface area contributed by atoms with Gasteiger partial charge in [-0.05, 0) is 61.1 Å². The van der Waals surface area contributed by atoms with Crippen molar-refractivity contribution in [3.8, 4) is 5.75 Å². The molecular weight excluding hydrogens is 320 g/mol. The minimum Gasteiger partial charge on any atom is -0.489 e. The zero-order valence-corrected chi connectivity index (χ0v) is 13.2. The lowest BCUT2D eigenvalue weighted by Crippen LogP contribution is -2.25. The van der Waals surface area contributed by atoms with E-state index in [4.69, 9.17) is 10.5 Å². The van der Waals surface area contributed by atoms with Crippen LogP contribution >= 0.6 is 12.2 Å². The van der Waals surface area contributed by atoms with Gasteiger partial charge >= 0.3 is 0 Å². The molecule has 0 unspecified atom stereocenters. The van der Waals surface area contributed by atoms with E-state index < -0.39 is 11.6 Å². The van der Waals surface area contributed by atoms with Crippen LogP contribution in [0.1, 0.15) is 18.1 Å². The number of halogens is 2. The maximum absolute atomic E-state index is 13.5. The van der Waals surface area contributed by atoms with Crippen molar-refractivity contribution in [3.05, 3.63) is 65.2 Å². The SMILES string of the molecule is C/C(=N\NC(N)=S)c1ccc(OCc2ccc(F)cc2F)cc1. The third-order valence-electron chi connectivity index (χ3n) is 3.02. The highest BCUT2D eigenvalue weighted by molar-refractivity contribution is 7.80. The van der Waals surface area contributed by atoms with Gasteiger partial charge in [0, 0.05) is 11.6 Å². The Balaban J connectivity index is 2.00. The molecule has 0 aliphatic rings. The summed E-state index contributed by atoms with van der Waals surface area (Å²) in [5, 5.41) is 4.10. The Labute approximate surface area is 138 Å². The third-order valence-corrected chi connectivity index (χ3v) is 3.11. The molecule has 2 aromatic carbocycles. The second-order valence-corrected chi connectivity index (χ2v) is 5.16. The minimum atomic E-state index is -0.631. The van der Waals surface area contributed by atoms with E-state index >= 15 is 0 Å². The molecule has 3 N–H and O–H groups in total. The van der Waals surface area contributed by atoms with Crippen LogP contribution in [0.3, 0.4) is 0 Å². The van der Waals surface area contributed by atoms with Gasteiger partial charge < -0.3 is 10.5 Å². The molecule has 23 heavy (non-hydrogen) atoms. The van der Waals surface area contributed by atoms with Crippen LogP contribution in [0.5, 0.6) is 5.75 Å². The molecule has 0 aliphatic heterocycles. The Bertz CT molecular complexity index is 733. The maximum atomic E-state index is 13.5. The number of nitrogens with one attached hydrogen (secondary N) is 1. The molecular formula is C16H15F2N3OS. The standard InChI is InChI=1S/C16H15F2N3OS/c1-10(20-21-16(19)23)11-3-6-14(7-4-11)22-9-12-2-5-13(17)8-15(12)18/h2-8H,9H2,1H3,(H3,19,21,23)/b20-10+. The average molecular weight is 335 g/mol. The molecule has 7 heteroatoms. The smallest absolute Gasteiger partial charge is 0.184 e. The van der Waals surface area contributed by atoms with Crippen LogP contribution < -0.4 is 15.9 Å². The summed E-state index contributed by atoms with van der Waals surface area (Å²) >= 11 is 4.67. The minimum absolute atomic E-state index is 0.0154. The first-order valence-corrected chi connectivity index (χ1v) is 7.13. The van der Waals surface area contributed by atoms with Gasteiger partial charge in [0.05, 0.1) is 5.71 Å². The van der Waals surface area contributed by atoms with E-state index in [-0.39, 0.29) is 17.3 Å². The Morgan fingerprint density at radius 1 is 1.22 bits per heavy atom. The lowest BCUT2D eigenvalue weighted by Gasteiger charge is -2.08. The Morgan fingerprint density at radius 3 is 2.52 bits per heavy atom. The number of nitrogens with zero attached hydrogens (tertiary/aromatic N) is 1. The molecule has 0 bridgehead atoms. The first kappa shape index (κ1) is 16.8. The number of benzene rings is 2. The Kier molecular flexibility index (Phi) is 5.59. The van der Waals surface area contributed by atoms with Gasteiger partial charge in [-0.25, -0.2) is 8.78 Å². The number of hydrazone groups is 1. The number of thiocarbonyl (C=S) groups is 1. The summed E-state index contributed by atoms with van der Waals surface area (Å²) in [5.41, 5.74) is 9.65. The van der Waals surface area contributed by atoms with E-state index in [1.807, 2.05) is 0 Å². The maximum Gasteiger partial charge on any atom is 0.184 e. The van der Waals surface area contributed by atoms with E-state index in [0.29, 0.717) is 11.5 Å². The predicted molar refractivity (Wildman–Crippen MR) is 89.3 cm³/mol. The molecule has 0 fully saturated rings. The van der Waals surface area contributed by atoms with Crippen molar-refractivity contribution >= 4 is 23.0 Å². The van der Waals surface area contributed by atoms with Crippen LogP contribution in [-0.4, -0.2) is 10.8 Å². The molecule has 0 radical (unpaired) electrons. The van der Waals surface area contributed by atoms with E-state index in [2.05, 4.69) is 22.7 Å². The first-order valence-electron chi connectivity index (χ1n) is 6.72. The second-order valence-electron chi connectivity index (χ2n) is 4.72. The van der Waals surface area contributed by atoms with Crippen LogP contribution in [0.4, 0.5) is 8.78 Å². The molecule has 0 aromatic heterocycles. The highest BCUT2D eigenvalue weighted by atomic mass is 32.1. The lowest BCUT2D eigenvalue weighted by molar-refractivity contribution is 0.299. The van der Waals surface area contributed by atoms with Gasteiger partial charge in [0.2, 0.25) is 0 Å². The molecule has 120 valence electrons. The number of hydrogen-bond donors (Lipinski definition) is 2. The summed E-state index contributed by atoms with van der Waals surface area (Å²) in [5.74, 6) is -0.683. The van der Waals surface area contributed by atoms with Crippen LogP contribution in [0.25, 0.3) is 0 Å². The summed E-state index contributed by atoms with van der Waals surface area (Å²) in [6.45, 7) is 1.82. The first-order chi connectivity index (χ1) is 11.0. The summed E-state index contributed by atoms with van der Waals surface area (Å²) in [7, 11) is 0. The third kappa shape index (κ3) is 5.00. The lowest BCUT2D eigenvalue weighted by atomic mass is 10.1. The van der Waals surface area contributed by atoms with Gasteiger partial charge in [-0.2, -0.15) is 5.10 Å². The van der Waals surface area contributed by atoms with Crippen molar-refractivity contribution in [3.63, 3.8) is 0 Å². The molecule has 0 saturated heterocycles. The largest absolute Gasteiger partial charge is 0.489 e. The van der Waals surface area contributed by atoms with Gasteiger partial charge in [-0.3, -0.25) is 5.43 Å².